The Kier molecular flexibility index (Phi) is 6.81. The molecular formula is C27H31N5O2S. The van der Waals surface area contributed by atoms with E-state index >= 15 is 0 Å². The fraction of sp³-hybridized carbons (Fsp3) is 0.370. The van der Waals surface area contributed by atoms with Crippen molar-refractivity contribution in [2.24, 2.45) is 0 Å². The molecule has 1 saturated heterocycles. The molecule has 1 fully saturated rings. The Bertz CT molecular complexity index is 1220. The van der Waals surface area contributed by atoms with E-state index in [0.717, 1.165) is 34.8 Å². The lowest BCUT2D eigenvalue weighted by molar-refractivity contribution is 0.0707. The van der Waals surface area contributed by atoms with E-state index < -0.39 is 0 Å². The number of hydrogen-bond donors (Lipinski definition) is 0. The van der Waals surface area contributed by atoms with Crippen molar-refractivity contribution in [1.82, 2.24) is 19.6 Å². The molecule has 0 bridgehead atoms. The van der Waals surface area contributed by atoms with Gasteiger partial charge in [0.05, 0.1) is 12.1 Å². The van der Waals surface area contributed by atoms with Crippen LogP contribution >= 0.6 is 11.8 Å². The molecule has 2 aliphatic rings. The molecule has 35 heavy (non-hydrogen) atoms. The van der Waals surface area contributed by atoms with Crippen LogP contribution in [0.25, 0.3) is 0 Å². The quantitative estimate of drug-likeness (QED) is 0.511. The Hall–Kier alpha value is -3.26. The number of fused-ring (bicyclic) bond motifs is 1. The highest BCUT2D eigenvalue weighted by Crippen LogP contribution is 2.28. The van der Waals surface area contributed by atoms with E-state index in [9.17, 15) is 9.59 Å². The molecule has 3 aromatic rings. The van der Waals surface area contributed by atoms with Gasteiger partial charge in [0.2, 0.25) is 0 Å². The van der Waals surface area contributed by atoms with E-state index in [2.05, 4.69) is 17.0 Å². The van der Waals surface area contributed by atoms with E-state index in [4.69, 9.17) is 5.10 Å². The van der Waals surface area contributed by atoms with Gasteiger partial charge in [-0.25, -0.2) is 0 Å². The zero-order valence-corrected chi connectivity index (χ0v) is 21.1. The summed E-state index contributed by atoms with van der Waals surface area (Å²) in [7, 11) is 0. The van der Waals surface area contributed by atoms with E-state index in [-0.39, 0.29) is 11.8 Å². The van der Waals surface area contributed by atoms with Crippen molar-refractivity contribution >= 4 is 29.3 Å². The first-order valence-corrected chi connectivity index (χ1v) is 13.4. The maximum absolute atomic E-state index is 13.6. The van der Waals surface area contributed by atoms with E-state index in [1.807, 2.05) is 70.1 Å². The molecule has 1 aromatic heterocycles. The summed E-state index contributed by atoms with van der Waals surface area (Å²) in [6.07, 6.45) is 2.69. The lowest BCUT2D eigenvalue weighted by Crippen LogP contribution is -2.49. The van der Waals surface area contributed by atoms with Crippen LogP contribution in [0.2, 0.25) is 0 Å². The first kappa shape index (κ1) is 23.5. The molecule has 0 aliphatic carbocycles. The molecule has 0 N–H and O–H groups in total. The van der Waals surface area contributed by atoms with Crippen molar-refractivity contribution in [3.63, 3.8) is 0 Å². The molecule has 3 heterocycles. The SMILES string of the molecule is CCn1nc(C(=O)N2CCN(c3ccccc3)CC2)c2c1CCN(C(=O)c1ccccc1SC)C2. The number of thioether (sulfide) groups is 1. The predicted octanol–water partition coefficient (Wildman–Crippen LogP) is 3.79. The summed E-state index contributed by atoms with van der Waals surface area (Å²) in [6, 6.07) is 18.0. The Morgan fingerprint density at radius 2 is 1.60 bits per heavy atom. The third kappa shape index (κ3) is 4.55. The summed E-state index contributed by atoms with van der Waals surface area (Å²) < 4.78 is 1.94. The minimum Gasteiger partial charge on any atom is -0.368 e. The van der Waals surface area contributed by atoms with Crippen LogP contribution in [0.15, 0.2) is 59.5 Å². The van der Waals surface area contributed by atoms with Crippen LogP contribution < -0.4 is 4.90 Å². The third-order valence-electron chi connectivity index (χ3n) is 6.95. The van der Waals surface area contributed by atoms with Crippen molar-refractivity contribution in [2.75, 3.05) is 43.9 Å². The average molecular weight is 490 g/mol. The number of amides is 2. The van der Waals surface area contributed by atoms with Crippen molar-refractivity contribution in [3.05, 3.63) is 77.1 Å². The van der Waals surface area contributed by atoms with Crippen LogP contribution in [-0.2, 0) is 19.5 Å². The van der Waals surface area contributed by atoms with Crippen LogP contribution in [0, 0.1) is 0 Å². The summed E-state index contributed by atoms with van der Waals surface area (Å²) in [5, 5.41) is 4.73. The Morgan fingerprint density at radius 1 is 0.886 bits per heavy atom. The fourth-order valence-electron chi connectivity index (χ4n) is 5.05. The van der Waals surface area contributed by atoms with Gasteiger partial charge < -0.3 is 14.7 Å². The number of aryl methyl sites for hydroxylation is 1. The van der Waals surface area contributed by atoms with Gasteiger partial charge in [0.1, 0.15) is 0 Å². The number of hydrogen-bond acceptors (Lipinski definition) is 5. The summed E-state index contributed by atoms with van der Waals surface area (Å²) in [4.78, 5) is 34.1. The van der Waals surface area contributed by atoms with Gasteiger partial charge in [0.25, 0.3) is 11.8 Å². The minimum absolute atomic E-state index is 0.0136. The molecule has 5 rings (SSSR count). The average Bonchev–Trinajstić information content (AvgIpc) is 3.30. The number of benzene rings is 2. The van der Waals surface area contributed by atoms with Crippen LogP contribution in [0.4, 0.5) is 5.69 Å². The molecular weight excluding hydrogens is 458 g/mol. The maximum atomic E-state index is 13.6. The highest BCUT2D eigenvalue weighted by Gasteiger charge is 2.33. The van der Waals surface area contributed by atoms with Gasteiger partial charge in [-0.05, 0) is 37.4 Å². The summed E-state index contributed by atoms with van der Waals surface area (Å²) in [6.45, 7) is 6.71. The number of nitrogens with zero attached hydrogens (tertiary/aromatic N) is 5. The summed E-state index contributed by atoms with van der Waals surface area (Å²) in [5.74, 6) is -0.0142. The lowest BCUT2D eigenvalue weighted by Gasteiger charge is -2.36. The number of piperazine rings is 1. The van der Waals surface area contributed by atoms with Crippen LogP contribution in [0.5, 0.6) is 0 Å². The minimum atomic E-state index is -0.0278. The highest BCUT2D eigenvalue weighted by molar-refractivity contribution is 7.98. The summed E-state index contributed by atoms with van der Waals surface area (Å²) >= 11 is 1.58. The van der Waals surface area contributed by atoms with Crippen molar-refractivity contribution in [1.29, 1.82) is 0 Å². The van der Waals surface area contributed by atoms with Crippen molar-refractivity contribution < 1.29 is 9.59 Å². The Balaban J connectivity index is 1.35. The normalized spacial score (nSPS) is 15.8. The molecule has 2 amide bonds. The Labute approximate surface area is 210 Å². The lowest BCUT2D eigenvalue weighted by atomic mass is 10.0. The van der Waals surface area contributed by atoms with Crippen LogP contribution in [-0.4, -0.2) is 70.4 Å². The number of aromatic nitrogens is 2. The molecule has 0 spiro atoms. The molecule has 0 unspecified atom stereocenters. The standard InChI is InChI=1S/C27H31N5O2S/c1-3-32-23-13-14-31(26(33)21-11-7-8-12-24(21)35-2)19-22(23)25(28-32)27(34)30-17-15-29(16-18-30)20-9-5-4-6-10-20/h4-12H,3,13-19H2,1-2H3. The summed E-state index contributed by atoms with van der Waals surface area (Å²) in [5.41, 5.74) is 4.40. The van der Waals surface area contributed by atoms with Crippen LogP contribution in [0.1, 0.15) is 39.0 Å². The molecule has 0 radical (unpaired) electrons. The molecule has 8 heteroatoms. The topological polar surface area (TPSA) is 61.7 Å². The molecule has 7 nitrogen and oxygen atoms in total. The first-order valence-electron chi connectivity index (χ1n) is 12.2. The van der Waals surface area contributed by atoms with E-state index in [0.29, 0.717) is 44.8 Å². The van der Waals surface area contributed by atoms with Gasteiger partial charge in [-0.15, -0.1) is 11.8 Å². The second kappa shape index (κ2) is 10.2. The largest absolute Gasteiger partial charge is 0.368 e. The fourth-order valence-corrected chi connectivity index (χ4v) is 5.64. The maximum Gasteiger partial charge on any atom is 0.274 e. The van der Waals surface area contributed by atoms with Gasteiger partial charge in [-0.1, -0.05) is 30.3 Å². The van der Waals surface area contributed by atoms with Gasteiger partial charge in [0.15, 0.2) is 5.69 Å². The highest BCUT2D eigenvalue weighted by atomic mass is 32.2. The number of carbonyl (C=O) groups is 2. The van der Waals surface area contributed by atoms with Gasteiger partial charge in [-0.2, -0.15) is 5.10 Å². The molecule has 2 aromatic carbocycles. The van der Waals surface area contributed by atoms with Gasteiger partial charge >= 0.3 is 0 Å². The predicted molar refractivity (Wildman–Crippen MR) is 139 cm³/mol. The molecule has 0 saturated carbocycles. The monoisotopic (exact) mass is 489 g/mol. The van der Waals surface area contributed by atoms with E-state index in [1.54, 1.807) is 11.8 Å². The first-order chi connectivity index (χ1) is 17.1. The second-order valence-corrected chi connectivity index (χ2v) is 9.73. The van der Waals surface area contributed by atoms with Crippen LogP contribution in [0.3, 0.4) is 0 Å². The zero-order valence-electron chi connectivity index (χ0n) is 20.3. The van der Waals surface area contributed by atoms with E-state index in [1.165, 1.54) is 5.69 Å². The van der Waals surface area contributed by atoms with Gasteiger partial charge in [-0.3, -0.25) is 14.3 Å². The number of rotatable bonds is 5. The van der Waals surface area contributed by atoms with Crippen molar-refractivity contribution in [3.8, 4) is 0 Å². The molecule has 0 atom stereocenters. The second-order valence-electron chi connectivity index (χ2n) is 8.88. The third-order valence-corrected chi connectivity index (χ3v) is 7.74. The van der Waals surface area contributed by atoms with Gasteiger partial charge in [0, 0.05) is 67.5 Å². The van der Waals surface area contributed by atoms with Crippen molar-refractivity contribution in [2.45, 2.75) is 31.3 Å². The number of anilines is 1. The molecule has 2 aliphatic heterocycles. The smallest absolute Gasteiger partial charge is 0.274 e. The Morgan fingerprint density at radius 3 is 2.31 bits per heavy atom. The number of para-hydroxylation sites is 1. The molecule has 182 valence electrons. The zero-order chi connectivity index (χ0) is 24.4. The number of carbonyl (C=O) groups excluding carboxylic acids is 2.